The van der Waals surface area contributed by atoms with E-state index in [0.717, 1.165) is 11.1 Å². The topological polar surface area (TPSA) is 108 Å². The maximum Gasteiger partial charge on any atom is 0.429 e. The molecule has 1 aliphatic heterocycles. The van der Waals surface area contributed by atoms with Crippen LogP contribution in [0.2, 0.25) is 5.02 Å². The Kier molecular flexibility index (Phi) is 9.92. The third kappa shape index (κ3) is 7.78. The molecule has 0 radical (unpaired) electrons. The van der Waals surface area contributed by atoms with Gasteiger partial charge in [0.25, 0.3) is 0 Å². The van der Waals surface area contributed by atoms with Crippen molar-refractivity contribution in [3.63, 3.8) is 0 Å². The Labute approximate surface area is 273 Å². The van der Waals surface area contributed by atoms with Crippen LogP contribution in [0.1, 0.15) is 56.9 Å². The molecule has 5 rings (SSSR count). The zero-order valence-electron chi connectivity index (χ0n) is 24.8. The quantitative estimate of drug-likeness (QED) is 0.192. The van der Waals surface area contributed by atoms with E-state index >= 15 is 0 Å². The van der Waals surface area contributed by atoms with Crippen LogP contribution in [0.3, 0.4) is 0 Å². The largest absolute Gasteiger partial charge is 0.480 e. The zero-order chi connectivity index (χ0) is 32.0. The van der Waals surface area contributed by atoms with E-state index in [4.69, 9.17) is 31.9 Å². The normalized spacial score (nSPS) is 17.2. The van der Waals surface area contributed by atoms with Crippen LogP contribution in [0.25, 0.3) is 26.9 Å². The van der Waals surface area contributed by atoms with Crippen LogP contribution in [0.5, 0.6) is 5.88 Å². The molecule has 3 heterocycles. The van der Waals surface area contributed by atoms with Crippen LogP contribution in [-0.2, 0) is 16.0 Å². The van der Waals surface area contributed by atoms with E-state index in [9.17, 15) is 18.0 Å². The van der Waals surface area contributed by atoms with E-state index in [-0.39, 0.29) is 30.3 Å². The molecule has 0 amide bonds. The van der Waals surface area contributed by atoms with Crippen molar-refractivity contribution in [2.24, 2.45) is 5.73 Å². The molecular formula is C32H32Cl2F3N3O4S. The second kappa shape index (κ2) is 12.9. The summed E-state index contributed by atoms with van der Waals surface area (Å²) in [6.45, 7) is 7.52. The van der Waals surface area contributed by atoms with Crippen LogP contribution >= 0.6 is 35.3 Å². The highest BCUT2D eigenvalue weighted by Crippen LogP contribution is 2.46. The van der Waals surface area contributed by atoms with Crippen molar-refractivity contribution in [1.82, 2.24) is 9.97 Å². The highest BCUT2D eigenvalue weighted by atomic mass is 35.5. The zero-order valence-corrected chi connectivity index (χ0v) is 27.2. The molecule has 2 unspecified atom stereocenters. The van der Waals surface area contributed by atoms with Crippen LogP contribution in [-0.4, -0.2) is 44.5 Å². The second-order valence-electron chi connectivity index (χ2n) is 11.9. The van der Waals surface area contributed by atoms with Gasteiger partial charge in [-0.3, -0.25) is 4.79 Å². The van der Waals surface area contributed by atoms with Crippen molar-refractivity contribution >= 4 is 57.1 Å². The molecule has 0 fully saturated rings. The number of aromatic nitrogens is 2. The molecule has 13 heteroatoms. The first kappa shape index (κ1) is 34.6. The van der Waals surface area contributed by atoms with Gasteiger partial charge in [-0.15, -0.1) is 23.7 Å². The fourth-order valence-electron chi connectivity index (χ4n) is 5.61. The molecule has 0 aliphatic carbocycles. The number of ether oxygens (including phenoxy) is 2. The number of rotatable bonds is 8. The van der Waals surface area contributed by atoms with Gasteiger partial charge in [0.05, 0.1) is 16.7 Å². The minimum atomic E-state index is -4.79. The molecule has 45 heavy (non-hydrogen) atoms. The summed E-state index contributed by atoms with van der Waals surface area (Å²) in [5, 5.41) is 11.2. The Balaban J connectivity index is 0.00000461. The monoisotopic (exact) mass is 681 g/mol. The number of nitrogens with zero attached hydrogens (tertiary/aromatic N) is 2. The van der Waals surface area contributed by atoms with Gasteiger partial charge in [0, 0.05) is 28.0 Å². The van der Waals surface area contributed by atoms with Crippen LogP contribution in [0, 0.1) is 0 Å². The molecule has 7 nitrogen and oxygen atoms in total. The summed E-state index contributed by atoms with van der Waals surface area (Å²) in [6, 6.07) is 10.4. The predicted octanol–water partition coefficient (Wildman–Crippen LogP) is 8.43. The number of carboxylic acids is 1. The number of nitrogens with two attached hydrogens (primary N) is 1. The summed E-state index contributed by atoms with van der Waals surface area (Å²) in [6.07, 6.45) is -3.59. The van der Waals surface area contributed by atoms with Gasteiger partial charge in [0.15, 0.2) is 0 Å². The number of alkyl halides is 3. The molecule has 4 aromatic rings. The molecule has 2 aromatic carbocycles. The fraction of sp³-hybridized carbons (Fsp3) is 0.344. The molecule has 2 aromatic heterocycles. The van der Waals surface area contributed by atoms with E-state index in [0.29, 0.717) is 38.4 Å². The number of aliphatic carboxylic acids is 1. The van der Waals surface area contributed by atoms with E-state index < -0.39 is 35.5 Å². The summed E-state index contributed by atoms with van der Waals surface area (Å²) in [7, 11) is 0. The van der Waals surface area contributed by atoms with Crippen molar-refractivity contribution in [2.45, 2.75) is 70.1 Å². The second-order valence-corrected chi connectivity index (χ2v) is 13.3. The average molecular weight is 683 g/mol. The number of carbonyl (C=O) groups is 1. The van der Waals surface area contributed by atoms with Crippen molar-refractivity contribution in [2.75, 3.05) is 0 Å². The van der Waals surface area contributed by atoms with Crippen molar-refractivity contribution in [3.05, 3.63) is 82.0 Å². The smallest absolute Gasteiger partial charge is 0.429 e. The van der Waals surface area contributed by atoms with Crippen LogP contribution in [0.15, 0.2) is 60.2 Å². The third-order valence-corrected chi connectivity index (χ3v) is 8.40. The first-order valence-electron chi connectivity index (χ1n) is 13.8. The van der Waals surface area contributed by atoms with E-state index in [1.165, 1.54) is 35.9 Å². The average Bonchev–Trinajstić information content (AvgIpc) is 3.35. The molecule has 0 bridgehead atoms. The molecule has 0 saturated heterocycles. The number of fused-ring (bicyclic) bond motifs is 1. The SMILES string of the molecule is CC1(C)C=C(c2cc(Cl)ccc2C(Oc2ncnc3c(-c4ccc(CC(N)C(=O)O)cc4)csc23)C(F)(F)F)CC(C)(C)O1.Cl. The Hall–Kier alpha value is -3.22. The summed E-state index contributed by atoms with van der Waals surface area (Å²) in [4.78, 5) is 19.6. The summed E-state index contributed by atoms with van der Waals surface area (Å²) < 4.78 is 56.6. The minimum absolute atomic E-state index is 0. The first-order valence-corrected chi connectivity index (χ1v) is 15.0. The fourth-order valence-corrected chi connectivity index (χ4v) is 6.74. The Morgan fingerprint density at radius 3 is 2.44 bits per heavy atom. The number of hydrogen-bond donors (Lipinski definition) is 2. The lowest BCUT2D eigenvalue weighted by atomic mass is 9.83. The number of carboxylic acid groups (broad SMARTS) is 1. The molecule has 3 N–H and O–H groups in total. The number of hydrogen-bond acceptors (Lipinski definition) is 7. The third-order valence-electron chi connectivity index (χ3n) is 7.21. The van der Waals surface area contributed by atoms with E-state index in [1.54, 1.807) is 29.6 Å². The molecular weight excluding hydrogens is 650 g/mol. The lowest BCUT2D eigenvalue weighted by molar-refractivity contribution is -0.198. The summed E-state index contributed by atoms with van der Waals surface area (Å²) in [5.74, 6) is -1.29. The lowest BCUT2D eigenvalue weighted by Crippen LogP contribution is -2.40. The highest BCUT2D eigenvalue weighted by molar-refractivity contribution is 7.18. The van der Waals surface area contributed by atoms with Crippen molar-refractivity contribution in [3.8, 4) is 17.0 Å². The van der Waals surface area contributed by atoms with Crippen LogP contribution < -0.4 is 10.5 Å². The highest BCUT2D eigenvalue weighted by Gasteiger charge is 2.46. The molecule has 240 valence electrons. The number of thiophene rings is 1. The Morgan fingerprint density at radius 2 is 1.82 bits per heavy atom. The summed E-state index contributed by atoms with van der Waals surface area (Å²) >= 11 is 7.48. The Bertz CT molecular complexity index is 1740. The number of halogens is 5. The van der Waals surface area contributed by atoms with Gasteiger partial charge in [0.1, 0.15) is 17.1 Å². The standard InChI is InChI=1S/C32H31ClF3N3O4S.ClH/c1-30(2)13-19(14-31(3,4)43-30)22-12-20(33)9-10-21(22)27(32(34,35)36)42-28-26-25(38-16-39-28)23(15-44-26)18-7-5-17(6-8-18)11-24(37)29(40)41;/h5-10,12-13,15-16,24,27H,11,14,37H2,1-4H3,(H,40,41);1H. The summed E-state index contributed by atoms with van der Waals surface area (Å²) in [5.41, 5.74) is 7.85. The number of benzene rings is 2. The minimum Gasteiger partial charge on any atom is -0.480 e. The van der Waals surface area contributed by atoms with E-state index in [2.05, 4.69) is 9.97 Å². The van der Waals surface area contributed by atoms with Gasteiger partial charge in [-0.1, -0.05) is 41.9 Å². The van der Waals surface area contributed by atoms with Gasteiger partial charge < -0.3 is 20.3 Å². The van der Waals surface area contributed by atoms with Gasteiger partial charge in [0.2, 0.25) is 12.0 Å². The van der Waals surface area contributed by atoms with Gasteiger partial charge in [-0.2, -0.15) is 13.2 Å². The van der Waals surface area contributed by atoms with Gasteiger partial charge in [-0.25, -0.2) is 9.97 Å². The molecule has 2 atom stereocenters. The maximum atomic E-state index is 14.8. The predicted molar refractivity (Wildman–Crippen MR) is 172 cm³/mol. The van der Waals surface area contributed by atoms with Gasteiger partial charge in [-0.05, 0) is 74.6 Å². The molecule has 0 saturated carbocycles. The first-order chi connectivity index (χ1) is 20.5. The lowest BCUT2D eigenvalue weighted by Gasteiger charge is -2.40. The molecule has 0 spiro atoms. The maximum absolute atomic E-state index is 14.8. The molecule has 1 aliphatic rings. The van der Waals surface area contributed by atoms with Crippen molar-refractivity contribution in [1.29, 1.82) is 0 Å². The Morgan fingerprint density at radius 1 is 1.13 bits per heavy atom. The van der Waals surface area contributed by atoms with Crippen molar-refractivity contribution < 1.29 is 32.5 Å². The van der Waals surface area contributed by atoms with E-state index in [1.807, 2.05) is 33.8 Å². The van der Waals surface area contributed by atoms with Gasteiger partial charge >= 0.3 is 12.1 Å². The van der Waals surface area contributed by atoms with Crippen LogP contribution in [0.4, 0.5) is 13.2 Å².